The highest BCUT2D eigenvalue weighted by molar-refractivity contribution is 5.99. The van der Waals surface area contributed by atoms with Gasteiger partial charge in [-0.15, -0.1) is 0 Å². The van der Waals surface area contributed by atoms with Crippen LogP contribution in [-0.4, -0.2) is 20.8 Å². The van der Waals surface area contributed by atoms with Gasteiger partial charge in [-0.25, -0.2) is 9.97 Å². The van der Waals surface area contributed by atoms with Gasteiger partial charge in [-0.3, -0.25) is 5.43 Å². The van der Waals surface area contributed by atoms with E-state index in [-0.39, 0.29) is 5.75 Å². The lowest BCUT2D eigenvalue weighted by molar-refractivity contribution is 0.475. The molecular formula is C16H14N4O. The fourth-order valence-electron chi connectivity index (χ4n) is 2.00. The van der Waals surface area contributed by atoms with Crippen LogP contribution in [0.3, 0.4) is 0 Å². The van der Waals surface area contributed by atoms with Crippen LogP contribution < -0.4 is 5.43 Å². The molecule has 0 saturated carbocycles. The van der Waals surface area contributed by atoms with E-state index < -0.39 is 0 Å². The summed E-state index contributed by atoms with van der Waals surface area (Å²) < 4.78 is 0. The third-order valence-electron chi connectivity index (χ3n) is 3.16. The van der Waals surface area contributed by atoms with E-state index in [0.717, 1.165) is 22.2 Å². The molecule has 0 spiro atoms. The molecule has 2 N–H and O–H groups in total. The van der Waals surface area contributed by atoms with E-state index in [9.17, 15) is 5.11 Å². The minimum Gasteiger partial charge on any atom is -0.508 e. The van der Waals surface area contributed by atoms with Gasteiger partial charge in [-0.2, -0.15) is 5.10 Å². The number of hydrazone groups is 1. The average molecular weight is 278 g/mol. The van der Waals surface area contributed by atoms with Gasteiger partial charge in [0.05, 0.1) is 11.2 Å². The molecule has 2 aromatic carbocycles. The second-order valence-corrected chi connectivity index (χ2v) is 4.60. The number of nitrogens with zero attached hydrogens (tertiary/aromatic N) is 3. The molecule has 1 aromatic heterocycles. The first-order chi connectivity index (χ1) is 10.2. The monoisotopic (exact) mass is 278 g/mol. The molecule has 1 heterocycles. The standard InChI is InChI=1S/C16H14N4O/c1-11(12-6-8-13(21)9-7-12)19-20-16-14-4-2-3-5-15(14)17-10-18-16/h2-10,21H,1H3,(H,17,18,20)/b19-11-. The van der Waals surface area contributed by atoms with Gasteiger partial charge in [-0.1, -0.05) is 12.1 Å². The number of phenolic OH excluding ortho intramolecular Hbond substituents is 1. The summed E-state index contributed by atoms with van der Waals surface area (Å²) in [6, 6.07) is 14.6. The number of aromatic nitrogens is 2. The number of hydrogen-bond donors (Lipinski definition) is 2. The molecule has 5 heteroatoms. The zero-order chi connectivity index (χ0) is 14.7. The number of rotatable bonds is 3. The van der Waals surface area contributed by atoms with Crippen LogP contribution in [-0.2, 0) is 0 Å². The lowest BCUT2D eigenvalue weighted by Crippen LogP contribution is -2.01. The molecule has 0 aliphatic carbocycles. The molecule has 3 aromatic rings. The Bertz CT molecular complexity index is 791. The highest BCUT2D eigenvalue weighted by Gasteiger charge is 2.02. The zero-order valence-electron chi connectivity index (χ0n) is 11.5. The molecular weight excluding hydrogens is 264 g/mol. The minimum absolute atomic E-state index is 0.237. The number of benzene rings is 2. The quantitative estimate of drug-likeness (QED) is 0.570. The van der Waals surface area contributed by atoms with Crippen molar-refractivity contribution in [3.63, 3.8) is 0 Å². The van der Waals surface area contributed by atoms with E-state index in [1.54, 1.807) is 12.1 Å². The molecule has 0 atom stereocenters. The SMILES string of the molecule is C/C(=N/Nc1ncnc2ccccc12)c1ccc(O)cc1. The Morgan fingerprint density at radius 3 is 2.62 bits per heavy atom. The number of hydrogen-bond acceptors (Lipinski definition) is 5. The number of aromatic hydroxyl groups is 1. The largest absolute Gasteiger partial charge is 0.508 e. The van der Waals surface area contributed by atoms with Crippen molar-refractivity contribution in [1.82, 2.24) is 9.97 Å². The molecule has 3 rings (SSSR count). The van der Waals surface area contributed by atoms with E-state index in [1.807, 2.05) is 43.3 Å². The average Bonchev–Trinajstić information content (AvgIpc) is 2.53. The van der Waals surface area contributed by atoms with Crippen molar-refractivity contribution in [2.24, 2.45) is 5.10 Å². The summed E-state index contributed by atoms with van der Waals surface area (Å²) >= 11 is 0. The molecule has 0 saturated heterocycles. The maximum absolute atomic E-state index is 9.29. The van der Waals surface area contributed by atoms with Gasteiger partial charge < -0.3 is 5.11 Å². The highest BCUT2D eigenvalue weighted by atomic mass is 16.3. The summed E-state index contributed by atoms with van der Waals surface area (Å²) in [5.41, 5.74) is 5.58. The van der Waals surface area contributed by atoms with Crippen LogP contribution in [0, 0.1) is 0 Å². The molecule has 0 amide bonds. The van der Waals surface area contributed by atoms with Crippen LogP contribution in [0.1, 0.15) is 12.5 Å². The first kappa shape index (κ1) is 13.1. The van der Waals surface area contributed by atoms with Crippen molar-refractivity contribution in [3.8, 4) is 5.75 Å². The number of para-hydroxylation sites is 1. The lowest BCUT2D eigenvalue weighted by Gasteiger charge is -2.05. The van der Waals surface area contributed by atoms with Crippen LogP contribution in [0.15, 0.2) is 60.0 Å². The Balaban J connectivity index is 1.88. The maximum atomic E-state index is 9.29. The molecule has 0 aliphatic rings. The number of anilines is 1. The summed E-state index contributed by atoms with van der Waals surface area (Å²) in [6.07, 6.45) is 1.51. The predicted octanol–water partition coefficient (Wildman–Crippen LogP) is 3.17. The fraction of sp³-hybridized carbons (Fsp3) is 0.0625. The van der Waals surface area contributed by atoms with E-state index in [2.05, 4.69) is 20.5 Å². The third-order valence-corrected chi connectivity index (χ3v) is 3.16. The third kappa shape index (κ3) is 2.81. The molecule has 0 fully saturated rings. The van der Waals surface area contributed by atoms with E-state index in [0.29, 0.717) is 5.82 Å². The van der Waals surface area contributed by atoms with Gasteiger partial charge in [0.15, 0.2) is 5.82 Å². The normalized spacial score (nSPS) is 11.6. The molecule has 104 valence electrons. The van der Waals surface area contributed by atoms with E-state index in [1.165, 1.54) is 6.33 Å². The lowest BCUT2D eigenvalue weighted by atomic mass is 10.1. The van der Waals surface area contributed by atoms with E-state index in [4.69, 9.17) is 0 Å². The van der Waals surface area contributed by atoms with Crippen LogP contribution in [0.2, 0.25) is 0 Å². The summed E-state index contributed by atoms with van der Waals surface area (Å²) in [5, 5.41) is 14.6. The van der Waals surface area contributed by atoms with E-state index >= 15 is 0 Å². The van der Waals surface area contributed by atoms with Gasteiger partial charge in [0, 0.05) is 5.39 Å². The summed E-state index contributed by atoms with van der Waals surface area (Å²) in [5.74, 6) is 0.903. The summed E-state index contributed by atoms with van der Waals surface area (Å²) in [6.45, 7) is 1.89. The Hall–Kier alpha value is -2.95. The zero-order valence-corrected chi connectivity index (χ0v) is 11.5. The maximum Gasteiger partial charge on any atom is 0.157 e. The second kappa shape index (κ2) is 5.58. The molecule has 21 heavy (non-hydrogen) atoms. The molecule has 0 bridgehead atoms. The van der Waals surface area contributed by atoms with Crippen LogP contribution in [0.4, 0.5) is 5.82 Å². The van der Waals surface area contributed by atoms with Crippen molar-refractivity contribution < 1.29 is 5.11 Å². The predicted molar refractivity (Wildman–Crippen MR) is 83.5 cm³/mol. The Morgan fingerprint density at radius 1 is 1.05 bits per heavy atom. The highest BCUT2D eigenvalue weighted by Crippen LogP contribution is 2.18. The Labute approximate surface area is 122 Å². The van der Waals surface area contributed by atoms with Gasteiger partial charge in [0.2, 0.25) is 0 Å². The Kier molecular flexibility index (Phi) is 3.47. The molecule has 0 radical (unpaired) electrons. The van der Waals surface area contributed by atoms with Gasteiger partial charge in [0.1, 0.15) is 12.1 Å². The van der Waals surface area contributed by atoms with Gasteiger partial charge in [0.25, 0.3) is 0 Å². The summed E-state index contributed by atoms with van der Waals surface area (Å²) in [4.78, 5) is 8.43. The summed E-state index contributed by atoms with van der Waals surface area (Å²) in [7, 11) is 0. The number of phenols is 1. The topological polar surface area (TPSA) is 70.4 Å². The number of fused-ring (bicyclic) bond motifs is 1. The molecule has 0 aliphatic heterocycles. The van der Waals surface area contributed by atoms with Gasteiger partial charge in [-0.05, 0) is 48.9 Å². The van der Waals surface area contributed by atoms with Crippen molar-refractivity contribution in [2.75, 3.05) is 5.43 Å². The fourth-order valence-corrected chi connectivity index (χ4v) is 2.00. The minimum atomic E-state index is 0.237. The van der Waals surface area contributed by atoms with Crippen LogP contribution in [0.25, 0.3) is 10.9 Å². The Morgan fingerprint density at radius 2 is 1.81 bits per heavy atom. The molecule has 5 nitrogen and oxygen atoms in total. The first-order valence-corrected chi connectivity index (χ1v) is 6.53. The van der Waals surface area contributed by atoms with Crippen molar-refractivity contribution in [3.05, 3.63) is 60.4 Å². The first-order valence-electron chi connectivity index (χ1n) is 6.53. The van der Waals surface area contributed by atoms with Crippen LogP contribution in [0.5, 0.6) is 5.75 Å². The molecule has 0 unspecified atom stereocenters. The number of nitrogens with one attached hydrogen (secondary N) is 1. The van der Waals surface area contributed by atoms with Crippen LogP contribution >= 0.6 is 0 Å². The van der Waals surface area contributed by atoms with Crippen molar-refractivity contribution in [2.45, 2.75) is 6.92 Å². The smallest absolute Gasteiger partial charge is 0.157 e. The van der Waals surface area contributed by atoms with Crippen molar-refractivity contribution >= 4 is 22.4 Å². The van der Waals surface area contributed by atoms with Crippen molar-refractivity contribution in [1.29, 1.82) is 0 Å². The second-order valence-electron chi connectivity index (χ2n) is 4.60. The van der Waals surface area contributed by atoms with Gasteiger partial charge >= 0.3 is 0 Å².